The van der Waals surface area contributed by atoms with E-state index in [0.29, 0.717) is 18.6 Å². The van der Waals surface area contributed by atoms with Crippen molar-refractivity contribution in [3.05, 3.63) is 0 Å². The first-order valence-electron chi connectivity index (χ1n) is 6.08. The van der Waals surface area contributed by atoms with Crippen LogP contribution in [0.2, 0.25) is 0 Å². The van der Waals surface area contributed by atoms with Crippen molar-refractivity contribution in [3.8, 4) is 6.07 Å². The van der Waals surface area contributed by atoms with Crippen molar-refractivity contribution in [2.45, 2.75) is 57.8 Å². The monoisotopic (exact) mass is 221 g/mol. The SMILES string of the molecule is N#C/C1=N\NC(=O)CCCCCCCCC1. The Bertz CT molecular complexity index is 291. The first kappa shape index (κ1) is 12.7. The average Bonchev–Trinajstić information content (AvgIpc) is 2.31. The molecule has 4 nitrogen and oxygen atoms in total. The molecule has 0 spiro atoms. The molecule has 16 heavy (non-hydrogen) atoms. The van der Waals surface area contributed by atoms with Gasteiger partial charge in [-0.05, 0) is 12.8 Å². The second-order valence-electron chi connectivity index (χ2n) is 4.18. The Kier molecular flexibility index (Phi) is 6.24. The van der Waals surface area contributed by atoms with Gasteiger partial charge in [0.05, 0.1) is 0 Å². The van der Waals surface area contributed by atoms with Crippen LogP contribution in [0.1, 0.15) is 57.8 Å². The van der Waals surface area contributed by atoms with Crippen LogP contribution in [0.4, 0.5) is 0 Å². The van der Waals surface area contributed by atoms with Crippen molar-refractivity contribution in [1.29, 1.82) is 5.26 Å². The quantitative estimate of drug-likeness (QED) is 0.683. The molecule has 0 aromatic rings. The minimum atomic E-state index is -0.0769. The minimum Gasteiger partial charge on any atom is -0.273 e. The molecule has 0 saturated heterocycles. The van der Waals surface area contributed by atoms with Crippen LogP contribution in [0, 0.1) is 11.3 Å². The highest BCUT2D eigenvalue weighted by atomic mass is 16.2. The first-order chi connectivity index (χ1) is 7.83. The van der Waals surface area contributed by atoms with Crippen molar-refractivity contribution < 1.29 is 4.79 Å². The summed E-state index contributed by atoms with van der Waals surface area (Å²) in [7, 11) is 0. The zero-order valence-electron chi connectivity index (χ0n) is 9.67. The molecule has 1 aliphatic rings. The lowest BCUT2D eigenvalue weighted by molar-refractivity contribution is -0.121. The molecule has 88 valence electrons. The lowest BCUT2D eigenvalue weighted by Gasteiger charge is -1.99. The van der Waals surface area contributed by atoms with E-state index in [9.17, 15) is 4.79 Å². The smallest absolute Gasteiger partial charge is 0.240 e. The fourth-order valence-electron chi connectivity index (χ4n) is 1.78. The number of carbonyl (C=O) groups excluding carboxylic acids is 1. The van der Waals surface area contributed by atoms with Gasteiger partial charge < -0.3 is 0 Å². The number of nitrogens with zero attached hydrogens (tertiary/aromatic N) is 2. The maximum atomic E-state index is 11.3. The standard InChI is InChI=1S/C12H19N3O/c13-10-11-8-6-4-2-1-3-5-7-9-12(16)15-14-11/h1-9H2,(H,15,16)/b14-11-. The highest BCUT2D eigenvalue weighted by Crippen LogP contribution is 2.10. The van der Waals surface area contributed by atoms with E-state index in [4.69, 9.17) is 5.26 Å². The Labute approximate surface area is 96.7 Å². The fraction of sp³-hybridized carbons (Fsp3) is 0.750. The van der Waals surface area contributed by atoms with Gasteiger partial charge in [0.15, 0.2) is 0 Å². The molecule has 0 bridgehead atoms. The number of carbonyl (C=O) groups is 1. The van der Waals surface area contributed by atoms with Gasteiger partial charge in [0.1, 0.15) is 11.8 Å². The molecule has 0 aromatic heterocycles. The van der Waals surface area contributed by atoms with Gasteiger partial charge in [-0.3, -0.25) is 4.79 Å². The predicted molar refractivity (Wildman–Crippen MR) is 62.7 cm³/mol. The van der Waals surface area contributed by atoms with Crippen molar-refractivity contribution in [3.63, 3.8) is 0 Å². The molecule has 0 aromatic carbocycles. The number of rotatable bonds is 0. The van der Waals surface area contributed by atoms with E-state index in [1.807, 2.05) is 6.07 Å². The van der Waals surface area contributed by atoms with Crippen LogP contribution < -0.4 is 5.43 Å². The summed E-state index contributed by atoms with van der Waals surface area (Å²) in [6, 6.07) is 2.03. The van der Waals surface area contributed by atoms with Crippen LogP contribution in [0.5, 0.6) is 0 Å². The van der Waals surface area contributed by atoms with Gasteiger partial charge in [0.25, 0.3) is 0 Å². The van der Waals surface area contributed by atoms with E-state index in [-0.39, 0.29) is 5.91 Å². The van der Waals surface area contributed by atoms with E-state index in [1.165, 1.54) is 19.3 Å². The molecule has 1 N–H and O–H groups in total. The van der Waals surface area contributed by atoms with Gasteiger partial charge >= 0.3 is 0 Å². The van der Waals surface area contributed by atoms with Gasteiger partial charge in [-0.2, -0.15) is 10.4 Å². The summed E-state index contributed by atoms with van der Waals surface area (Å²) >= 11 is 0. The Morgan fingerprint density at radius 1 is 1.00 bits per heavy atom. The Morgan fingerprint density at radius 2 is 1.56 bits per heavy atom. The lowest BCUT2D eigenvalue weighted by atomic mass is 10.1. The molecule has 0 atom stereocenters. The van der Waals surface area contributed by atoms with E-state index in [2.05, 4.69) is 10.5 Å². The van der Waals surface area contributed by atoms with Crippen molar-refractivity contribution in [2.24, 2.45) is 5.10 Å². The van der Waals surface area contributed by atoms with Gasteiger partial charge in [-0.1, -0.05) is 32.1 Å². The largest absolute Gasteiger partial charge is 0.273 e. The molecular formula is C12H19N3O. The Morgan fingerprint density at radius 3 is 2.19 bits per heavy atom. The number of hydrogen-bond donors (Lipinski definition) is 1. The third kappa shape index (κ3) is 5.50. The lowest BCUT2D eigenvalue weighted by Crippen LogP contribution is -2.18. The van der Waals surface area contributed by atoms with Gasteiger partial charge in [0, 0.05) is 12.8 Å². The zero-order valence-corrected chi connectivity index (χ0v) is 9.67. The predicted octanol–water partition coefficient (Wildman–Crippen LogP) is 2.51. The summed E-state index contributed by atoms with van der Waals surface area (Å²) in [5, 5.41) is 12.6. The normalized spacial score (nSPS) is 23.7. The maximum absolute atomic E-state index is 11.3. The van der Waals surface area contributed by atoms with Crippen LogP contribution in [-0.2, 0) is 4.79 Å². The van der Waals surface area contributed by atoms with Crippen LogP contribution >= 0.6 is 0 Å². The molecule has 1 amide bonds. The second-order valence-corrected chi connectivity index (χ2v) is 4.18. The summed E-state index contributed by atoms with van der Waals surface area (Å²) in [5.74, 6) is -0.0769. The Balaban J connectivity index is 2.46. The van der Waals surface area contributed by atoms with Crippen LogP contribution in [0.3, 0.4) is 0 Å². The van der Waals surface area contributed by atoms with Gasteiger partial charge in [-0.15, -0.1) is 0 Å². The molecule has 1 rings (SSSR count). The first-order valence-corrected chi connectivity index (χ1v) is 6.08. The zero-order chi connectivity index (χ0) is 11.6. The highest BCUT2D eigenvalue weighted by Gasteiger charge is 2.03. The number of hydrazone groups is 1. The van der Waals surface area contributed by atoms with E-state index in [0.717, 1.165) is 25.7 Å². The third-order valence-corrected chi connectivity index (χ3v) is 2.76. The van der Waals surface area contributed by atoms with Crippen LogP contribution in [0.25, 0.3) is 0 Å². The van der Waals surface area contributed by atoms with E-state index < -0.39 is 0 Å². The molecule has 1 aliphatic heterocycles. The minimum absolute atomic E-state index is 0.0769. The van der Waals surface area contributed by atoms with Gasteiger partial charge in [-0.25, -0.2) is 5.43 Å². The number of hydrogen-bond acceptors (Lipinski definition) is 3. The molecule has 0 saturated carbocycles. The highest BCUT2D eigenvalue weighted by molar-refractivity contribution is 5.98. The number of nitriles is 1. The van der Waals surface area contributed by atoms with Gasteiger partial charge in [0.2, 0.25) is 5.91 Å². The molecule has 0 aliphatic carbocycles. The molecule has 0 radical (unpaired) electrons. The number of amides is 1. The maximum Gasteiger partial charge on any atom is 0.240 e. The summed E-state index contributed by atoms with van der Waals surface area (Å²) in [6.45, 7) is 0. The van der Waals surface area contributed by atoms with E-state index >= 15 is 0 Å². The molecule has 4 heteroatoms. The molecule has 1 heterocycles. The second kappa shape index (κ2) is 7.86. The summed E-state index contributed by atoms with van der Waals surface area (Å²) in [5.41, 5.74) is 2.89. The van der Waals surface area contributed by atoms with Crippen LogP contribution in [-0.4, -0.2) is 11.6 Å². The summed E-state index contributed by atoms with van der Waals surface area (Å²) in [6.07, 6.45) is 9.03. The summed E-state index contributed by atoms with van der Waals surface area (Å²) in [4.78, 5) is 11.3. The van der Waals surface area contributed by atoms with Crippen LogP contribution in [0.15, 0.2) is 5.10 Å². The van der Waals surface area contributed by atoms with Crippen molar-refractivity contribution >= 4 is 11.6 Å². The molecule has 0 fully saturated rings. The topological polar surface area (TPSA) is 65.2 Å². The van der Waals surface area contributed by atoms with Crippen molar-refractivity contribution in [1.82, 2.24) is 5.43 Å². The Hall–Kier alpha value is -1.37. The average molecular weight is 221 g/mol. The fourth-order valence-corrected chi connectivity index (χ4v) is 1.78. The number of nitrogens with one attached hydrogen (secondary N) is 1. The van der Waals surface area contributed by atoms with Crippen molar-refractivity contribution in [2.75, 3.05) is 0 Å². The molecular weight excluding hydrogens is 202 g/mol. The van der Waals surface area contributed by atoms with E-state index in [1.54, 1.807) is 0 Å². The summed E-state index contributed by atoms with van der Waals surface area (Å²) < 4.78 is 0. The molecule has 0 unspecified atom stereocenters. The third-order valence-electron chi connectivity index (χ3n) is 2.76.